The zero-order chi connectivity index (χ0) is 14.1. The summed E-state index contributed by atoms with van der Waals surface area (Å²) in [5.74, 6) is -0.396. The van der Waals surface area contributed by atoms with Crippen molar-refractivity contribution in [1.29, 1.82) is 0 Å². The summed E-state index contributed by atoms with van der Waals surface area (Å²) in [7, 11) is 0. The number of hydrogen-bond donors (Lipinski definition) is 1. The Morgan fingerprint density at radius 1 is 1.05 bits per heavy atom. The second-order valence-electron chi connectivity index (χ2n) is 5.47. The first-order valence-electron chi connectivity index (χ1n) is 7.75. The highest BCUT2D eigenvalue weighted by molar-refractivity contribution is 8.01. The number of allylic oxidation sites excluding steroid dienone is 1. The van der Waals surface area contributed by atoms with Gasteiger partial charge in [-0.1, -0.05) is 64.5 Å². The third-order valence-corrected chi connectivity index (χ3v) is 5.35. The minimum absolute atomic E-state index is 0.228. The van der Waals surface area contributed by atoms with Gasteiger partial charge >= 0.3 is 5.97 Å². The van der Waals surface area contributed by atoms with Crippen LogP contribution in [0.1, 0.15) is 65.2 Å². The maximum atomic E-state index is 11.4. The Hall–Kier alpha value is -0.440. The van der Waals surface area contributed by atoms with Crippen molar-refractivity contribution in [2.75, 3.05) is 0 Å². The summed E-state index contributed by atoms with van der Waals surface area (Å²) in [4.78, 5) is 11.4. The first-order valence-corrected chi connectivity index (χ1v) is 8.69. The standard InChI is InChI=1S/C16H28O2S/c1-3-5-7-9-13-11-12-14(10-8-6-4-2)19-15(13)16(17)18/h11-15H,3-10H2,1-2H3,(H,17,18). The molecule has 2 nitrogen and oxygen atoms in total. The normalized spacial score (nSPS) is 26.5. The van der Waals surface area contributed by atoms with Crippen LogP contribution >= 0.6 is 11.8 Å². The fraction of sp³-hybridized carbons (Fsp3) is 0.812. The topological polar surface area (TPSA) is 37.3 Å². The Labute approximate surface area is 122 Å². The van der Waals surface area contributed by atoms with E-state index >= 15 is 0 Å². The SMILES string of the molecule is CCCCCC1C=CC(CCCCC)C(C(=O)O)S1. The van der Waals surface area contributed by atoms with E-state index in [0.29, 0.717) is 5.25 Å². The van der Waals surface area contributed by atoms with Crippen LogP contribution in [-0.2, 0) is 4.79 Å². The molecule has 0 aliphatic carbocycles. The van der Waals surface area contributed by atoms with E-state index in [0.717, 1.165) is 19.3 Å². The molecule has 0 aromatic rings. The Balaban J connectivity index is 2.48. The van der Waals surface area contributed by atoms with Gasteiger partial charge in [0, 0.05) is 5.25 Å². The molecule has 0 fully saturated rings. The minimum Gasteiger partial charge on any atom is -0.480 e. The number of aliphatic carboxylic acids is 1. The number of hydrogen-bond acceptors (Lipinski definition) is 2. The van der Waals surface area contributed by atoms with Gasteiger partial charge in [0.1, 0.15) is 5.25 Å². The summed E-state index contributed by atoms with van der Waals surface area (Å²) >= 11 is 1.67. The van der Waals surface area contributed by atoms with Crippen molar-refractivity contribution in [2.24, 2.45) is 5.92 Å². The van der Waals surface area contributed by atoms with Crippen LogP contribution in [0.3, 0.4) is 0 Å². The predicted molar refractivity (Wildman–Crippen MR) is 83.7 cm³/mol. The average molecular weight is 284 g/mol. The van der Waals surface area contributed by atoms with E-state index < -0.39 is 5.97 Å². The van der Waals surface area contributed by atoms with E-state index in [-0.39, 0.29) is 11.2 Å². The fourth-order valence-electron chi connectivity index (χ4n) is 2.58. The van der Waals surface area contributed by atoms with Crippen LogP contribution in [-0.4, -0.2) is 21.6 Å². The number of unbranched alkanes of at least 4 members (excludes halogenated alkanes) is 4. The molecule has 3 unspecified atom stereocenters. The lowest BCUT2D eigenvalue weighted by Gasteiger charge is -2.28. The molecule has 1 rings (SSSR count). The van der Waals surface area contributed by atoms with Gasteiger partial charge in [0.15, 0.2) is 0 Å². The van der Waals surface area contributed by atoms with Gasteiger partial charge in [-0.25, -0.2) is 0 Å². The molecule has 1 N–H and O–H groups in total. The number of carboxylic acids is 1. The third-order valence-electron chi connectivity index (χ3n) is 3.76. The second kappa shape index (κ2) is 9.46. The smallest absolute Gasteiger partial charge is 0.317 e. The molecule has 0 aromatic heterocycles. The maximum Gasteiger partial charge on any atom is 0.317 e. The molecule has 0 bridgehead atoms. The molecule has 0 radical (unpaired) electrons. The first kappa shape index (κ1) is 16.6. The number of thioether (sulfide) groups is 1. The molecular weight excluding hydrogens is 256 g/mol. The van der Waals surface area contributed by atoms with E-state index in [1.165, 1.54) is 32.1 Å². The quantitative estimate of drug-likeness (QED) is 0.484. The Morgan fingerprint density at radius 3 is 2.26 bits per heavy atom. The summed E-state index contributed by atoms with van der Waals surface area (Å²) in [6, 6.07) is 0. The van der Waals surface area contributed by atoms with Crippen LogP contribution in [0.5, 0.6) is 0 Å². The highest BCUT2D eigenvalue weighted by atomic mass is 32.2. The number of carbonyl (C=O) groups is 1. The van der Waals surface area contributed by atoms with Gasteiger partial charge in [0.2, 0.25) is 0 Å². The van der Waals surface area contributed by atoms with Crippen molar-refractivity contribution < 1.29 is 9.90 Å². The third kappa shape index (κ3) is 6.03. The van der Waals surface area contributed by atoms with Crippen LogP contribution in [0.15, 0.2) is 12.2 Å². The van der Waals surface area contributed by atoms with E-state index in [9.17, 15) is 9.90 Å². The van der Waals surface area contributed by atoms with Gasteiger partial charge in [-0.2, -0.15) is 0 Å². The molecule has 0 aromatic carbocycles. The minimum atomic E-state index is -0.628. The van der Waals surface area contributed by atoms with Gasteiger partial charge < -0.3 is 5.11 Å². The molecule has 0 saturated carbocycles. The molecule has 1 heterocycles. The highest BCUT2D eigenvalue weighted by Gasteiger charge is 2.31. The number of rotatable bonds is 9. The monoisotopic (exact) mass is 284 g/mol. The zero-order valence-corrected chi connectivity index (χ0v) is 13.1. The molecule has 3 atom stereocenters. The molecule has 19 heavy (non-hydrogen) atoms. The van der Waals surface area contributed by atoms with Crippen molar-refractivity contribution in [3.8, 4) is 0 Å². The lowest BCUT2D eigenvalue weighted by molar-refractivity contribution is -0.137. The lowest BCUT2D eigenvalue weighted by atomic mass is 9.95. The second-order valence-corrected chi connectivity index (χ2v) is 6.86. The Bertz CT molecular complexity index is 288. The lowest BCUT2D eigenvalue weighted by Crippen LogP contribution is -2.30. The van der Waals surface area contributed by atoms with Crippen LogP contribution < -0.4 is 0 Å². The summed E-state index contributed by atoms with van der Waals surface area (Å²) in [5, 5.41) is 9.58. The summed E-state index contributed by atoms with van der Waals surface area (Å²) in [6.07, 6.45) is 13.8. The summed E-state index contributed by atoms with van der Waals surface area (Å²) in [6.45, 7) is 4.39. The van der Waals surface area contributed by atoms with Crippen molar-refractivity contribution in [3.63, 3.8) is 0 Å². The Kier molecular flexibility index (Phi) is 8.27. The van der Waals surface area contributed by atoms with E-state index in [1.807, 2.05) is 0 Å². The maximum absolute atomic E-state index is 11.4. The largest absolute Gasteiger partial charge is 0.480 e. The molecule has 1 aliphatic rings. The predicted octanol–water partition coefficient (Wildman–Crippen LogP) is 4.89. The van der Waals surface area contributed by atoms with E-state index in [1.54, 1.807) is 11.8 Å². The van der Waals surface area contributed by atoms with Crippen LogP contribution in [0.25, 0.3) is 0 Å². The van der Waals surface area contributed by atoms with Crippen LogP contribution in [0.2, 0.25) is 0 Å². The van der Waals surface area contributed by atoms with Crippen molar-refractivity contribution in [2.45, 2.75) is 75.7 Å². The van der Waals surface area contributed by atoms with E-state index in [4.69, 9.17) is 0 Å². The molecule has 0 spiro atoms. The van der Waals surface area contributed by atoms with Crippen LogP contribution in [0, 0.1) is 5.92 Å². The van der Waals surface area contributed by atoms with Gasteiger partial charge in [0.05, 0.1) is 0 Å². The number of carboxylic acid groups (broad SMARTS) is 1. The molecule has 1 aliphatic heterocycles. The summed E-state index contributed by atoms with van der Waals surface area (Å²) in [5.41, 5.74) is 0. The van der Waals surface area contributed by atoms with Gasteiger partial charge in [-0.3, -0.25) is 4.79 Å². The molecule has 0 saturated heterocycles. The highest BCUT2D eigenvalue weighted by Crippen LogP contribution is 2.36. The van der Waals surface area contributed by atoms with Crippen molar-refractivity contribution in [1.82, 2.24) is 0 Å². The molecule has 3 heteroatoms. The van der Waals surface area contributed by atoms with Gasteiger partial charge in [0.25, 0.3) is 0 Å². The molecular formula is C16H28O2S. The van der Waals surface area contributed by atoms with Gasteiger partial charge in [-0.15, -0.1) is 11.8 Å². The Morgan fingerprint density at radius 2 is 1.68 bits per heavy atom. The molecule has 110 valence electrons. The van der Waals surface area contributed by atoms with Gasteiger partial charge in [-0.05, 0) is 18.8 Å². The van der Waals surface area contributed by atoms with E-state index in [2.05, 4.69) is 26.0 Å². The molecule has 0 amide bonds. The first-order chi connectivity index (χ1) is 9.19. The van der Waals surface area contributed by atoms with Crippen molar-refractivity contribution >= 4 is 17.7 Å². The van der Waals surface area contributed by atoms with Crippen molar-refractivity contribution in [3.05, 3.63) is 12.2 Å². The average Bonchev–Trinajstić information content (AvgIpc) is 2.40. The van der Waals surface area contributed by atoms with Crippen LogP contribution in [0.4, 0.5) is 0 Å². The summed E-state index contributed by atoms with van der Waals surface area (Å²) < 4.78 is 0. The fourth-order valence-corrected chi connectivity index (χ4v) is 3.99. The zero-order valence-electron chi connectivity index (χ0n) is 12.3.